The first kappa shape index (κ1) is 11.9. The molecule has 0 aliphatic heterocycles. The second kappa shape index (κ2) is 4.73. The Labute approximate surface area is 104 Å². The molecule has 0 atom stereocenters. The quantitative estimate of drug-likeness (QED) is 0.870. The molecule has 16 heavy (non-hydrogen) atoms. The third-order valence-electron chi connectivity index (χ3n) is 2.91. The lowest BCUT2D eigenvalue weighted by molar-refractivity contribution is 0.412. The molecule has 88 valence electrons. The molecular weight excluding hydrogens is 268 g/mol. The van der Waals surface area contributed by atoms with Gasteiger partial charge in [-0.2, -0.15) is 0 Å². The molecule has 3 N–H and O–H groups in total. The van der Waals surface area contributed by atoms with Gasteiger partial charge in [0.05, 0.1) is 11.6 Å². The number of nitrogens with two attached hydrogens (primary N) is 1. The predicted molar refractivity (Wildman–Crippen MR) is 68.6 cm³/mol. The van der Waals surface area contributed by atoms with Crippen molar-refractivity contribution in [3.8, 4) is 5.75 Å². The number of halogens is 1. The molecule has 0 aromatic heterocycles. The van der Waals surface area contributed by atoms with Crippen LogP contribution in [0.2, 0.25) is 0 Å². The summed E-state index contributed by atoms with van der Waals surface area (Å²) in [5.74, 6) is 0.862. The van der Waals surface area contributed by atoms with Gasteiger partial charge in [-0.15, -0.1) is 0 Å². The number of hydrogen-bond acceptors (Lipinski definition) is 3. The Balaban J connectivity index is 1.87. The molecule has 1 aliphatic rings. The average molecular weight is 285 g/mol. The Morgan fingerprint density at radius 3 is 2.81 bits per heavy atom. The van der Waals surface area contributed by atoms with Gasteiger partial charge in [0.1, 0.15) is 5.75 Å². The molecule has 0 radical (unpaired) electrons. The molecule has 0 spiro atoms. The maximum atomic E-state index is 5.99. The summed E-state index contributed by atoms with van der Waals surface area (Å²) in [5, 5.41) is 3.38. The highest BCUT2D eigenvalue weighted by atomic mass is 79.9. The first-order chi connectivity index (χ1) is 7.63. The van der Waals surface area contributed by atoms with Crippen LogP contribution in [0.1, 0.15) is 18.4 Å². The summed E-state index contributed by atoms with van der Waals surface area (Å²) < 4.78 is 6.17. The Hall–Kier alpha value is -0.580. The highest BCUT2D eigenvalue weighted by Gasteiger charge is 2.37. The molecule has 0 heterocycles. The van der Waals surface area contributed by atoms with E-state index >= 15 is 0 Å². The summed E-state index contributed by atoms with van der Waals surface area (Å²) in [4.78, 5) is 0. The van der Waals surface area contributed by atoms with Crippen molar-refractivity contribution in [1.82, 2.24) is 5.32 Å². The molecule has 4 heteroatoms. The zero-order valence-corrected chi connectivity index (χ0v) is 11.0. The largest absolute Gasteiger partial charge is 0.496 e. The van der Waals surface area contributed by atoms with Crippen molar-refractivity contribution in [2.24, 2.45) is 5.73 Å². The van der Waals surface area contributed by atoms with Gasteiger partial charge in [0.25, 0.3) is 0 Å². The van der Waals surface area contributed by atoms with Crippen LogP contribution >= 0.6 is 15.9 Å². The van der Waals surface area contributed by atoms with Crippen molar-refractivity contribution in [3.63, 3.8) is 0 Å². The SMILES string of the molecule is COc1ccc(CNCC2(N)CC2)cc1Br. The van der Waals surface area contributed by atoms with Crippen molar-refractivity contribution in [1.29, 1.82) is 0 Å². The lowest BCUT2D eigenvalue weighted by Crippen LogP contribution is -2.35. The molecule has 1 aromatic rings. The lowest BCUT2D eigenvalue weighted by Gasteiger charge is -2.11. The summed E-state index contributed by atoms with van der Waals surface area (Å²) in [6.07, 6.45) is 2.29. The number of benzene rings is 1. The number of ether oxygens (including phenoxy) is 1. The maximum absolute atomic E-state index is 5.99. The van der Waals surface area contributed by atoms with Gasteiger partial charge >= 0.3 is 0 Å². The molecule has 1 fully saturated rings. The van der Waals surface area contributed by atoms with Gasteiger partial charge < -0.3 is 15.8 Å². The minimum Gasteiger partial charge on any atom is -0.496 e. The molecule has 0 amide bonds. The highest BCUT2D eigenvalue weighted by molar-refractivity contribution is 9.10. The van der Waals surface area contributed by atoms with E-state index in [0.29, 0.717) is 0 Å². The van der Waals surface area contributed by atoms with Gasteiger partial charge in [-0.3, -0.25) is 0 Å². The number of hydrogen-bond donors (Lipinski definition) is 2. The van der Waals surface area contributed by atoms with Crippen LogP contribution in [0, 0.1) is 0 Å². The predicted octanol–water partition coefficient (Wildman–Crippen LogP) is 2.04. The number of methoxy groups -OCH3 is 1. The van der Waals surface area contributed by atoms with E-state index in [1.807, 2.05) is 6.07 Å². The first-order valence-corrected chi connectivity index (χ1v) is 6.24. The molecule has 1 saturated carbocycles. The standard InChI is InChI=1S/C12H17BrN2O/c1-16-11-3-2-9(6-10(11)13)7-15-8-12(14)4-5-12/h2-3,6,15H,4-5,7-8,14H2,1H3. The second-order valence-electron chi connectivity index (χ2n) is 4.43. The Morgan fingerprint density at radius 2 is 2.25 bits per heavy atom. The maximum Gasteiger partial charge on any atom is 0.133 e. The topological polar surface area (TPSA) is 47.3 Å². The van der Waals surface area contributed by atoms with E-state index in [4.69, 9.17) is 10.5 Å². The second-order valence-corrected chi connectivity index (χ2v) is 5.29. The van der Waals surface area contributed by atoms with Crippen LogP contribution in [0.5, 0.6) is 5.75 Å². The Kier molecular flexibility index (Phi) is 3.52. The van der Waals surface area contributed by atoms with Gasteiger partial charge in [0.2, 0.25) is 0 Å². The minimum absolute atomic E-state index is 0.0731. The Morgan fingerprint density at radius 1 is 1.50 bits per heavy atom. The zero-order chi connectivity index (χ0) is 11.6. The molecule has 3 nitrogen and oxygen atoms in total. The van der Waals surface area contributed by atoms with Crippen LogP contribution in [0.3, 0.4) is 0 Å². The molecule has 1 aromatic carbocycles. The van der Waals surface area contributed by atoms with E-state index < -0.39 is 0 Å². The fourth-order valence-electron chi connectivity index (χ4n) is 1.61. The number of rotatable bonds is 5. The number of nitrogens with one attached hydrogen (secondary N) is 1. The van der Waals surface area contributed by atoms with Gasteiger partial charge in [0, 0.05) is 18.6 Å². The van der Waals surface area contributed by atoms with E-state index in [2.05, 4.69) is 33.4 Å². The smallest absolute Gasteiger partial charge is 0.133 e. The van der Waals surface area contributed by atoms with Crippen LogP contribution in [0.25, 0.3) is 0 Å². The van der Waals surface area contributed by atoms with Crippen molar-refractivity contribution < 1.29 is 4.74 Å². The van der Waals surface area contributed by atoms with E-state index in [1.165, 1.54) is 5.56 Å². The van der Waals surface area contributed by atoms with Gasteiger partial charge in [-0.1, -0.05) is 6.07 Å². The fraction of sp³-hybridized carbons (Fsp3) is 0.500. The minimum atomic E-state index is 0.0731. The van der Waals surface area contributed by atoms with Crippen LogP contribution in [-0.2, 0) is 6.54 Å². The van der Waals surface area contributed by atoms with Gasteiger partial charge in [-0.05, 0) is 46.5 Å². The Bertz CT molecular complexity index is 377. The molecule has 0 unspecified atom stereocenters. The lowest BCUT2D eigenvalue weighted by atomic mass is 10.2. The van der Waals surface area contributed by atoms with Crippen molar-refractivity contribution in [2.75, 3.05) is 13.7 Å². The third-order valence-corrected chi connectivity index (χ3v) is 3.53. The normalized spacial score (nSPS) is 17.2. The summed E-state index contributed by atoms with van der Waals surface area (Å²) >= 11 is 3.47. The average Bonchev–Trinajstić information content (AvgIpc) is 2.97. The molecular formula is C12H17BrN2O. The molecule has 0 bridgehead atoms. The summed E-state index contributed by atoms with van der Waals surface area (Å²) in [7, 11) is 1.67. The highest BCUT2D eigenvalue weighted by Crippen LogP contribution is 2.31. The third kappa shape index (κ3) is 2.97. The zero-order valence-electron chi connectivity index (χ0n) is 9.42. The summed E-state index contributed by atoms with van der Waals surface area (Å²) in [5.41, 5.74) is 7.30. The van der Waals surface area contributed by atoms with E-state index in [1.54, 1.807) is 7.11 Å². The van der Waals surface area contributed by atoms with E-state index in [0.717, 1.165) is 36.2 Å². The van der Waals surface area contributed by atoms with Crippen LogP contribution in [-0.4, -0.2) is 19.2 Å². The molecule has 2 rings (SSSR count). The van der Waals surface area contributed by atoms with Crippen molar-refractivity contribution in [3.05, 3.63) is 28.2 Å². The van der Waals surface area contributed by atoms with Gasteiger partial charge in [-0.25, -0.2) is 0 Å². The van der Waals surface area contributed by atoms with Gasteiger partial charge in [0.15, 0.2) is 0 Å². The van der Waals surface area contributed by atoms with Crippen LogP contribution in [0.15, 0.2) is 22.7 Å². The fourth-order valence-corrected chi connectivity index (χ4v) is 2.20. The van der Waals surface area contributed by atoms with Crippen LogP contribution < -0.4 is 15.8 Å². The first-order valence-electron chi connectivity index (χ1n) is 5.45. The van der Waals surface area contributed by atoms with E-state index in [-0.39, 0.29) is 5.54 Å². The molecule has 0 saturated heterocycles. The monoisotopic (exact) mass is 284 g/mol. The van der Waals surface area contributed by atoms with Crippen LogP contribution in [0.4, 0.5) is 0 Å². The summed E-state index contributed by atoms with van der Waals surface area (Å²) in [6, 6.07) is 6.10. The van der Waals surface area contributed by atoms with Crippen molar-refractivity contribution >= 4 is 15.9 Å². The summed E-state index contributed by atoms with van der Waals surface area (Å²) in [6.45, 7) is 1.75. The van der Waals surface area contributed by atoms with E-state index in [9.17, 15) is 0 Å². The van der Waals surface area contributed by atoms with Crippen molar-refractivity contribution in [2.45, 2.75) is 24.9 Å². The molecule has 1 aliphatic carbocycles.